The van der Waals surface area contributed by atoms with Crippen molar-refractivity contribution in [3.05, 3.63) is 29.3 Å². The van der Waals surface area contributed by atoms with Crippen molar-refractivity contribution in [2.75, 3.05) is 13.7 Å². The van der Waals surface area contributed by atoms with Gasteiger partial charge in [0.05, 0.1) is 13.7 Å². The minimum absolute atomic E-state index is 0. The van der Waals surface area contributed by atoms with Crippen LogP contribution >= 0.6 is 12.4 Å². The minimum Gasteiger partial charge on any atom is -0.468 e. The van der Waals surface area contributed by atoms with Crippen molar-refractivity contribution < 1.29 is 27.8 Å². The lowest BCUT2D eigenvalue weighted by Gasteiger charge is -2.27. The van der Waals surface area contributed by atoms with Crippen LogP contribution in [-0.2, 0) is 20.9 Å². The van der Waals surface area contributed by atoms with E-state index in [1.807, 2.05) is 6.07 Å². The van der Waals surface area contributed by atoms with Crippen molar-refractivity contribution in [1.82, 2.24) is 5.32 Å². The maximum absolute atomic E-state index is 13.1. The van der Waals surface area contributed by atoms with Crippen molar-refractivity contribution in [3.63, 3.8) is 0 Å². The van der Waals surface area contributed by atoms with E-state index < -0.39 is 6.29 Å². The van der Waals surface area contributed by atoms with Crippen LogP contribution in [0.1, 0.15) is 23.5 Å². The smallest absolute Gasteiger partial charge is 0.468 e. The van der Waals surface area contributed by atoms with E-state index in [1.165, 1.54) is 13.2 Å². The van der Waals surface area contributed by atoms with Crippen molar-refractivity contribution in [2.24, 2.45) is 0 Å². The highest BCUT2D eigenvalue weighted by atomic mass is 35.5. The number of carbonyl (C=O) groups is 1. The molecule has 1 fully saturated rings. The molecule has 1 N–H and O–H groups in total. The van der Waals surface area contributed by atoms with Crippen LogP contribution in [0.15, 0.2) is 18.2 Å². The van der Waals surface area contributed by atoms with Gasteiger partial charge in [-0.3, -0.25) is 9.53 Å². The predicted octanol–water partition coefficient (Wildman–Crippen LogP) is 2.19. The van der Waals surface area contributed by atoms with E-state index in [4.69, 9.17) is 4.74 Å². The predicted molar refractivity (Wildman–Crippen MR) is 75.2 cm³/mol. The number of hydrogen-bond acceptors (Lipinski definition) is 5. The number of fused-ring (bicyclic) bond motifs is 1. The molecule has 1 aromatic rings. The lowest BCUT2D eigenvalue weighted by molar-refractivity contribution is -0.368. The van der Waals surface area contributed by atoms with Crippen LogP contribution < -0.4 is 10.1 Å². The number of halogens is 3. The summed E-state index contributed by atoms with van der Waals surface area (Å²) < 4.78 is 39.9. The number of esters is 1. The fourth-order valence-corrected chi connectivity index (χ4v) is 2.82. The zero-order valence-corrected chi connectivity index (χ0v) is 12.6. The number of rotatable bonds is 2. The van der Waals surface area contributed by atoms with E-state index in [9.17, 15) is 13.6 Å². The van der Waals surface area contributed by atoms with Crippen LogP contribution in [-0.4, -0.2) is 32.0 Å². The summed E-state index contributed by atoms with van der Waals surface area (Å²) >= 11 is 0. The van der Waals surface area contributed by atoms with E-state index in [1.54, 1.807) is 6.07 Å². The van der Waals surface area contributed by atoms with Crippen LogP contribution in [0.25, 0.3) is 0 Å². The quantitative estimate of drug-likeness (QED) is 0.840. The van der Waals surface area contributed by atoms with Crippen LogP contribution in [0, 0.1) is 0 Å². The number of ether oxygens (including phenoxy) is 3. The Morgan fingerprint density at radius 1 is 1.45 bits per heavy atom. The molecule has 0 aromatic heterocycles. The summed E-state index contributed by atoms with van der Waals surface area (Å²) in [7, 11) is 1.34. The number of methoxy groups -OCH3 is 1. The molecule has 0 radical (unpaired) electrons. The Kier molecular flexibility index (Phi) is 4.89. The molecule has 0 saturated carbocycles. The number of carbonyl (C=O) groups excluding carboxylic acids is 1. The molecule has 0 amide bonds. The fourth-order valence-electron chi connectivity index (χ4n) is 2.82. The van der Waals surface area contributed by atoms with Crippen molar-refractivity contribution in [2.45, 2.75) is 31.3 Å². The first-order chi connectivity index (χ1) is 10.00. The van der Waals surface area contributed by atoms with Gasteiger partial charge in [0, 0.05) is 12.1 Å². The van der Waals surface area contributed by atoms with Crippen LogP contribution in [0.2, 0.25) is 0 Å². The molecule has 2 aliphatic heterocycles. The summed E-state index contributed by atoms with van der Waals surface area (Å²) in [6.07, 6.45) is -3.03. The first kappa shape index (κ1) is 16.9. The average molecular weight is 336 g/mol. The van der Waals surface area contributed by atoms with E-state index in [-0.39, 0.29) is 42.7 Å². The van der Waals surface area contributed by atoms with E-state index in [0.717, 1.165) is 5.56 Å². The fraction of sp³-hybridized carbons (Fsp3) is 0.500. The zero-order valence-electron chi connectivity index (χ0n) is 11.8. The highest BCUT2D eigenvalue weighted by molar-refractivity contribution is 5.85. The Balaban J connectivity index is 0.00000176. The van der Waals surface area contributed by atoms with E-state index in [2.05, 4.69) is 14.8 Å². The molecule has 5 nitrogen and oxygen atoms in total. The van der Waals surface area contributed by atoms with Gasteiger partial charge in [-0.2, -0.15) is 0 Å². The highest BCUT2D eigenvalue weighted by Gasteiger charge is 2.40. The maximum Gasteiger partial charge on any atom is 0.535 e. The first-order valence-electron chi connectivity index (χ1n) is 6.64. The second-order valence-electron chi connectivity index (χ2n) is 5.09. The molecule has 8 heteroatoms. The average Bonchev–Trinajstić information content (AvgIpc) is 2.94. The largest absolute Gasteiger partial charge is 0.535 e. The van der Waals surface area contributed by atoms with Crippen molar-refractivity contribution in [1.29, 1.82) is 0 Å². The Hall–Kier alpha value is -1.44. The van der Waals surface area contributed by atoms with E-state index >= 15 is 0 Å². The summed E-state index contributed by atoms with van der Waals surface area (Å²) in [4.78, 5) is 11.5. The van der Waals surface area contributed by atoms with E-state index in [0.29, 0.717) is 18.5 Å². The van der Waals surface area contributed by atoms with Gasteiger partial charge in [-0.1, -0.05) is 12.1 Å². The summed E-state index contributed by atoms with van der Waals surface area (Å²) in [5.41, 5.74) is 1.47. The van der Waals surface area contributed by atoms with Gasteiger partial charge < -0.3 is 14.8 Å². The Bertz CT molecular complexity index is 570. The third-order valence-electron chi connectivity index (χ3n) is 3.84. The monoisotopic (exact) mass is 335 g/mol. The van der Waals surface area contributed by atoms with Gasteiger partial charge in [-0.15, -0.1) is 21.2 Å². The third-order valence-corrected chi connectivity index (χ3v) is 3.84. The standard InChI is InChI=1S/C14H15F2NO4.ClH/c1-19-13(18)11-5-8(6-17-11)9-3-2-4-12-10(9)7-20-14(15,16)21-12;/h2-4,8,11,17H,5-7H2,1H3;1H/t8?,11-;/m1./s1. The van der Waals surface area contributed by atoms with Gasteiger partial charge in [0.25, 0.3) is 0 Å². The van der Waals surface area contributed by atoms with Gasteiger partial charge in [-0.05, 0) is 24.0 Å². The Morgan fingerprint density at radius 2 is 2.23 bits per heavy atom. The molecule has 2 atom stereocenters. The van der Waals surface area contributed by atoms with Gasteiger partial charge >= 0.3 is 12.3 Å². The lowest BCUT2D eigenvalue weighted by atomic mass is 9.91. The van der Waals surface area contributed by atoms with Gasteiger partial charge in [0.1, 0.15) is 11.8 Å². The zero-order chi connectivity index (χ0) is 15.0. The number of benzene rings is 1. The normalized spacial score (nSPS) is 25.6. The molecule has 0 bridgehead atoms. The van der Waals surface area contributed by atoms with Gasteiger partial charge in [-0.25, -0.2) is 0 Å². The first-order valence-corrected chi connectivity index (χ1v) is 6.64. The molecule has 1 saturated heterocycles. The molecule has 1 aromatic carbocycles. The number of hydrogen-bond donors (Lipinski definition) is 1. The molecular weight excluding hydrogens is 320 g/mol. The Labute approximate surface area is 132 Å². The number of nitrogens with one attached hydrogen (secondary N) is 1. The van der Waals surface area contributed by atoms with Crippen LogP contribution in [0.5, 0.6) is 5.75 Å². The van der Waals surface area contributed by atoms with Crippen LogP contribution in [0.4, 0.5) is 8.78 Å². The van der Waals surface area contributed by atoms with Gasteiger partial charge in [0.15, 0.2) is 0 Å². The van der Waals surface area contributed by atoms with Crippen LogP contribution in [0.3, 0.4) is 0 Å². The summed E-state index contributed by atoms with van der Waals surface area (Å²) in [5, 5.41) is 3.07. The molecule has 22 heavy (non-hydrogen) atoms. The molecule has 1 unspecified atom stereocenters. The summed E-state index contributed by atoms with van der Waals surface area (Å²) in [6.45, 7) is 0.366. The Morgan fingerprint density at radius 3 is 2.95 bits per heavy atom. The minimum atomic E-state index is -3.59. The summed E-state index contributed by atoms with van der Waals surface area (Å²) in [6, 6.07) is 4.64. The molecule has 0 spiro atoms. The SMILES string of the molecule is COC(=O)[C@H]1CC(c2cccc3c2COC(F)(F)O3)CN1.Cl. The summed E-state index contributed by atoms with van der Waals surface area (Å²) in [5.74, 6) is -0.158. The molecule has 3 rings (SSSR count). The molecule has 122 valence electrons. The second-order valence-corrected chi connectivity index (χ2v) is 5.09. The second kappa shape index (κ2) is 6.36. The molecule has 2 aliphatic rings. The highest BCUT2D eigenvalue weighted by Crippen LogP contribution is 2.39. The number of alkyl halides is 2. The topological polar surface area (TPSA) is 56.8 Å². The molecule has 2 heterocycles. The van der Waals surface area contributed by atoms with Crippen molar-refractivity contribution >= 4 is 18.4 Å². The molecular formula is C14H16ClF2NO4. The van der Waals surface area contributed by atoms with Crippen molar-refractivity contribution in [3.8, 4) is 5.75 Å². The third kappa shape index (κ3) is 3.16. The maximum atomic E-state index is 13.1. The lowest BCUT2D eigenvalue weighted by Crippen LogP contribution is -2.33. The molecule has 0 aliphatic carbocycles. The van der Waals surface area contributed by atoms with Gasteiger partial charge in [0.2, 0.25) is 0 Å².